The third-order valence-electron chi connectivity index (χ3n) is 4.35. The Morgan fingerprint density at radius 3 is 2.42 bits per heavy atom. The number of hydrogen-bond acceptors (Lipinski definition) is 5. The molecule has 2 aromatic rings. The molecule has 1 aliphatic heterocycles. The Hall–Kier alpha value is -3.08. The molecule has 31 heavy (non-hydrogen) atoms. The number of nitrogens with zero attached hydrogens (tertiary/aromatic N) is 2. The molecule has 0 aromatic heterocycles. The van der Waals surface area contributed by atoms with Gasteiger partial charge in [-0.25, -0.2) is 9.38 Å². The van der Waals surface area contributed by atoms with E-state index in [4.69, 9.17) is 5.11 Å². The van der Waals surface area contributed by atoms with E-state index in [-0.39, 0.29) is 28.7 Å². The predicted octanol–water partition coefficient (Wildman–Crippen LogP) is 3.68. The number of carboxylic acid groups (broad SMARTS) is 1. The number of rotatable bonds is 6. The Morgan fingerprint density at radius 2 is 1.84 bits per heavy atom. The number of amidine groups is 1. The van der Waals surface area contributed by atoms with Crippen molar-refractivity contribution in [3.05, 3.63) is 65.5 Å². The van der Waals surface area contributed by atoms with E-state index in [1.54, 1.807) is 18.2 Å². The monoisotopic (exact) mass is 455 g/mol. The zero-order valence-corrected chi connectivity index (χ0v) is 16.7. The van der Waals surface area contributed by atoms with Crippen LogP contribution in [0, 0.1) is 5.82 Å². The molecule has 0 fully saturated rings. The number of anilines is 1. The third kappa shape index (κ3) is 5.75. The fraction of sp³-hybridized carbons (Fsp3) is 0.250. The quantitative estimate of drug-likeness (QED) is 0.650. The Labute approximate surface area is 179 Å². The van der Waals surface area contributed by atoms with E-state index in [2.05, 4.69) is 10.3 Å². The lowest BCUT2D eigenvalue weighted by Gasteiger charge is -2.24. The number of carbonyl (C=O) groups is 2. The minimum absolute atomic E-state index is 0.0222. The first-order valence-corrected chi connectivity index (χ1v) is 10.0. The Balaban J connectivity index is 1.84. The lowest BCUT2D eigenvalue weighted by atomic mass is 10.1. The summed E-state index contributed by atoms with van der Waals surface area (Å²) in [6, 6.07) is 9.87. The van der Waals surface area contributed by atoms with Crippen molar-refractivity contribution in [2.75, 3.05) is 17.2 Å². The zero-order chi connectivity index (χ0) is 22.6. The fourth-order valence-electron chi connectivity index (χ4n) is 2.81. The summed E-state index contributed by atoms with van der Waals surface area (Å²) in [5.41, 5.74) is 0.892. The number of carbonyl (C=O) groups excluding carboxylic acids is 1. The number of benzene rings is 2. The summed E-state index contributed by atoms with van der Waals surface area (Å²) in [7, 11) is 0. The number of nitrogens with one attached hydrogen (secondary N) is 1. The van der Waals surface area contributed by atoms with Crippen molar-refractivity contribution in [3.8, 4) is 0 Å². The van der Waals surface area contributed by atoms with Crippen LogP contribution in [0.25, 0.3) is 0 Å². The predicted molar refractivity (Wildman–Crippen MR) is 109 cm³/mol. The van der Waals surface area contributed by atoms with Gasteiger partial charge in [0.05, 0.1) is 12.2 Å². The maximum absolute atomic E-state index is 14.4. The normalized spacial score (nSPS) is 16.0. The van der Waals surface area contributed by atoms with Crippen molar-refractivity contribution < 1.29 is 32.3 Å². The van der Waals surface area contributed by atoms with Gasteiger partial charge in [-0.15, -0.1) is 0 Å². The molecular weight excluding hydrogens is 438 g/mol. The summed E-state index contributed by atoms with van der Waals surface area (Å²) in [5.74, 6) is -2.65. The van der Waals surface area contributed by atoms with Gasteiger partial charge < -0.3 is 15.3 Å². The highest BCUT2D eigenvalue weighted by atomic mass is 32.2. The van der Waals surface area contributed by atoms with E-state index in [0.29, 0.717) is 5.56 Å². The van der Waals surface area contributed by atoms with Gasteiger partial charge in [0.2, 0.25) is 0 Å². The average Bonchev–Trinajstić information content (AvgIpc) is 3.22. The molecular formula is C20H17F4N3O3S. The number of amides is 1. The number of para-hydroxylation sites is 1. The summed E-state index contributed by atoms with van der Waals surface area (Å²) in [6.45, 7) is -0.507. The van der Waals surface area contributed by atoms with E-state index in [0.717, 1.165) is 11.8 Å². The summed E-state index contributed by atoms with van der Waals surface area (Å²) in [5, 5.41) is 10.9. The fourth-order valence-corrected chi connectivity index (χ4v) is 3.90. The smallest absolute Gasteiger partial charge is 0.411 e. The highest BCUT2D eigenvalue weighted by molar-refractivity contribution is 8.14. The Kier molecular flexibility index (Phi) is 6.84. The van der Waals surface area contributed by atoms with Gasteiger partial charge in [0, 0.05) is 11.3 Å². The number of alkyl halides is 3. The zero-order valence-electron chi connectivity index (χ0n) is 15.9. The molecule has 0 aliphatic carbocycles. The Bertz CT molecular complexity index is 996. The number of aliphatic carboxylic acids is 1. The SMILES string of the molecule is O=C(O)CNC(=O)c1ccc(CN(C2=NC(C(F)(F)F)CS2)c2ccccc2F)cc1. The highest BCUT2D eigenvalue weighted by Crippen LogP contribution is 2.35. The highest BCUT2D eigenvalue weighted by Gasteiger charge is 2.43. The van der Waals surface area contributed by atoms with Gasteiger partial charge in [0.15, 0.2) is 11.2 Å². The first-order chi connectivity index (χ1) is 14.6. The van der Waals surface area contributed by atoms with Crippen molar-refractivity contribution >= 4 is 34.5 Å². The Morgan fingerprint density at radius 1 is 1.16 bits per heavy atom. The maximum Gasteiger partial charge on any atom is 0.411 e. The lowest BCUT2D eigenvalue weighted by molar-refractivity contribution is -0.141. The molecule has 2 aromatic carbocycles. The van der Waals surface area contributed by atoms with Crippen LogP contribution >= 0.6 is 11.8 Å². The molecule has 1 amide bonds. The molecule has 0 radical (unpaired) electrons. The summed E-state index contributed by atoms with van der Waals surface area (Å²) < 4.78 is 53.6. The van der Waals surface area contributed by atoms with Crippen LogP contribution in [0.15, 0.2) is 53.5 Å². The van der Waals surface area contributed by atoms with Crippen molar-refractivity contribution in [1.29, 1.82) is 0 Å². The van der Waals surface area contributed by atoms with Crippen LogP contribution < -0.4 is 10.2 Å². The van der Waals surface area contributed by atoms with Crippen LogP contribution in [0.3, 0.4) is 0 Å². The molecule has 0 saturated carbocycles. The van der Waals surface area contributed by atoms with Gasteiger partial charge in [0.1, 0.15) is 12.4 Å². The van der Waals surface area contributed by atoms with Crippen molar-refractivity contribution in [2.45, 2.75) is 18.8 Å². The average molecular weight is 455 g/mol. The molecule has 1 unspecified atom stereocenters. The third-order valence-corrected chi connectivity index (χ3v) is 5.41. The maximum atomic E-state index is 14.4. The molecule has 0 bridgehead atoms. The molecule has 3 rings (SSSR count). The topological polar surface area (TPSA) is 82.0 Å². The first-order valence-electron chi connectivity index (χ1n) is 9.03. The minimum Gasteiger partial charge on any atom is -0.480 e. The molecule has 6 nitrogen and oxygen atoms in total. The second-order valence-corrected chi connectivity index (χ2v) is 7.58. The van der Waals surface area contributed by atoms with Crippen LogP contribution in [0.4, 0.5) is 23.2 Å². The van der Waals surface area contributed by atoms with Crippen molar-refractivity contribution in [1.82, 2.24) is 5.32 Å². The summed E-state index contributed by atoms with van der Waals surface area (Å²) >= 11 is 0.895. The van der Waals surface area contributed by atoms with E-state index in [9.17, 15) is 27.2 Å². The number of aliphatic imine (C=N–C) groups is 1. The summed E-state index contributed by atoms with van der Waals surface area (Å²) in [6.07, 6.45) is -4.49. The van der Waals surface area contributed by atoms with Crippen LogP contribution in [-0.2, 0) is 11.3 Å². The van der Waals surface area contributed by atoms with Gasteiger partial charge >= 0.3 is 12.1 Å². The molecule has 1 heterocycles. The van der Waals surface area contributed by atoms with E-state index in [1.165, 1.54) is 35.2 Å². The lowest BCUT2D eigenvalue weighted by Crippen LogP contribution is -2.30. The minimum atomic E-state index is -4.49. The molecule has 2 N–H and O–H groups in total. The van der Waals surface area contributed by atoms with Gasteiger partial charge in [-0.2, -0.15) is 13.2 Å². The van der Waals surface area contributed by atoms with Gasteiger partial charge in [-0.05, 0) is 29.8 Å². The summed E-state index contributed by atoms with van der Waals surface area (Å²) in [4.78, 5) is 27.6. The second-order valence-electron chi connectivity index (χ2n) is 6.59. The number of halogens is 4. The van der Waals surface area contributed by atoms with Gasteiger partial charge in [-0.1, -0.05) is 36.0 Å². The van der Waals surface area contributed by atoms with Crippen molar-refractivity contribution in [3.63, 3.8) is 0 Å². The number of thioether (sulfide) groups is 1. The van der Waals surface area contributed by atoms with E-state index >= 15 is 0 Å². The number of carboxylic acids is 1. The first kappa shape index (κ1) is 22.6. The molecule has 11 heteroatoms. The second kappa shape index (κ2) is 9.38. The van der Waals surface area contributed by atoms with Crippen LogP contribution in [-0.4, -0.2) is 46.7 Å². The van der Waals surface area contributed by atoms with Gasteiger partial charge in [0.25, 0.3) is 5.91 Å². The van der Waals surface area contributed by atoms with E-state index < -0.39 is 36.5 Å². The van der Waals surface area contributed by atoms with Crippen LogP contribution in [0.2, 0.25) is 0 Å². The molecule has 1 atom stereocenters. The van der Waals surface area contributed by atoms with Crippen molar-refractivity contribution in [2.24, 2.45) is 4.99 Å². The standard InChI is InChI=1S/C20H17F4N3O3S/c21-14-3-1-2-4-15(14)27(19-26-16(11-31-19)20(22,23)24)10-12-5-7-13(8-6-12)18(30)25-9-17(28)29/h1-8,16H,9-11H2,(H,25,30)(H,28,29). The van der Waals surface area contributed by atoms with E-state index in [1.807, 2.05) is 0 Å². The molecule has 1 aliphatic rings. The van der Waals surface area contributed by atoms with Crippen LogP contribution in [0.5, 0.6) is 0 Å². The van der Waals surface area contributed by atoms with Crippen LogP contribution in [0.1, 0.15) is 15.9 Å². The molecule has 0 spiro atoms. The number of hydrogen-bond donors (Lipinski definition) is 2. The largest absolute Gasteiger partial charge is 0.480 e. The van der Waals surface area contributed by atoms with Gasteiger partial charge in [-0.3, -0.25) is 9.59 Å². The molecule has 164 valence electrons. The molecule has 0 saturated heterocycles.